The first-order valence-corrected chi connectivity index (χ1v) is 6.40. The smallest absolute Gasteiger partial charge is 0.315 e. The van der Waals surface area contributed by atoms with E-state index >= 15 is 0 Å². The van der Waals surface area contributed by atoms with Gasteiger partial charge in [-0.2, -0.15) is 0 Å². The van der Waals surface area contributed by atoms with Crippen LogP contribution in [0.3, 0.4) is 0 Å². The van der Waals surface area contributed by atoms with Gasteiger partial charge in [0.2, 0.25) is 0 Å². The lowest BCUT2D eigenvalue weighted by molar-refractivity contribution is 0.0602. The molecule has 0 radical (unpaired) electrons. The summed E-state index contributed by atoms with van der Waals surface area (Å²) in [7, 11) is 1.71. The molecule has 0 bridgehead atoms. The molecule has 2 amide bonds. The SMILES string of the molecule is CC[C@@H](CO)NC(=O)NC1CCCC(OC)C1. The van der Waals surface area contributed by atoms with E-state index in [2.05, 4.69) is 10.6 Å². The molecule has 0 aliphatic heterocycles. The molecule has 0 saturated heterocycles. The lowest BCUT2D eigenvalue weighted by Gasteiger charge is -2.29. The zero-order valence-electron chi connectivity index (χ0n) is 10.7. The molecule has 1 saturated carbocycles. The molecule has 5 heteroatoms. The van der Waals surface area contributed by atoms with Gasteiger partial charge in [0.05, 0.1) is 18.8 Å². The predicted molar refractivity (Wildman–Crippen MR) is 65.9 cm³/mol. The monoisotopic (exact) mass is 244 g/mol. The molecular weight excluding hydrogens is 220 g/mol. The maximum absolute atomic E-state index is 11.7. The van der Waals surface area contributed by atoms with Crippen molar-refractivity contribution in [1.82, 2.24) is 10.6 Å². The minimum absolute atomic E-state index is 0.0186. The fraction of sp³-hybridized carbons (Fsp3) is 0.917. The molecule has 2 unspecified atom stereocenters. The Morgan fingerprint density at radius 1 is 1.53 bits per heavy atom. The van der Waals surface area contributed by atoms with E-state index < -0.39 is 0 Å². The minimum Gasteiger partial charge on any atom is -0.394 e. The van der Waals surface area contributed by atoms with E-state index in [0.717, 1.165) is 32.1 Å². The zero-order valence-corrected chi connectivity index (χ0v) is 10.7. The third-order valence-electron chi connectivity index (χ3n) is 3.34. The molecule has 100 valence electrons. The maximum atomic E-state index is 11.7. The summed E-state index contributed by atoms with van der Waals surface area (Å²) in [6, 6.07) is -0.158. The van der Waals surface area contributed by atoms with Crippen LogP contribution in [0, 0.1) is 0 Å². The van der Waals surface area contributed by atoms with Crippen LogP contribution in [-0.2, 0) is 4.74 Å². The van der Waals surface area contributed by atoms with Gasteiger partial charge in [0.25, 0.3) is 0 Å². The van der Waals surface area contributed by atoms with Gasteiger partial charge in [-0.15, -0.1) is 0 Å². The van der Waals surface area contributed by atoms with Crippen LogP contribution in [0.1, 0.15) is 39.0 Å². The standard InChI is InChI=1S/C12H24N2O3/c1-3-9(8-15)13-12(16)14-10-5-4-6-11(7-10)17-2/h9-11,15H,3-8H2,1-2H3,(H2,13,14,16)/t9-,10?,11?/m0/s1. The molecule has 1 aliphatic rings. The molecule has 1 fully saturated rings. The number of nitrogens with one attached hydrogen (secondary N) is 2. The van der Waals surface area contributed by atoms with E-state index in [1.807, 2.05) is 6.92 Å². The molecule has 0 spiro atoms. The Labute approximate surface area is 103 Å². The number of carbonyl (C=O) groups excluding carboxylic acids is 1. The van der Waals surface area contributed by atoms with Crippen LogP contribution < -0.4 is 10.6 Å². The third kappa shape index (κ3) is 4.91. The summed E-state index contributed by atoms with van der Waals surface area (Å²) < 4.78 is 5.31. The number of urea groups is 1. The lowest BCUT2D eigenvalue weighted by Crippen LogP contribution is -2.49. The van der Waals surface area contributed by atoms with Gasteiger partial charge >= 0.3 is 6.03 Å². The molecule has 5 nitrogen and oxygen atoms in total. The number of aliphatic hydroxyl groups is 1. The molecule has 3 N–H and O–H groups in total. The fourth-order valence-corrected chi connectivity index (χ4v) is 2.18. The highest BCUT2D eigenvalue weighted by Crippen LogP contribution is 2.20. The Balaban J connectivity index is 2.30. The van der Waals surface area contributed by atoms with Crippen molar-refractivity contribution in [3.8, 4) is 0 Å². The van der Waals surface area contributed by atoms with Crippen LogP contribution in [0.15, 0.2) is 0 Å². The quantitative estimate of drug-likeness (QED) is 0.676. The largest absolute Gasteiger partial charge is 0.394 e. The van der Waals surface area contributed by atoms with Crippen LogP contribution in [0.4, 0.5) is 4.79 Å². The van der Waals surface area contributed by atoms with Crippen LogP contribution >= 0.6 is 0 Å². The Hall–Kier alpha value is -0.810. The molecule has 3 atom stereocenters. The molecule has 0 aromatic carbocycles. The first kappa shape index (κ1) is 14.3. The van der Waals surface area contributed by atoms with Gasteiger partial charge in [-0.05, 0) is 32.1 Å². The van der Waals surface area contributed by atoms with Crippen LogP contribution in [-0.4, -0.2) is 43.0 Å². The first-order chi connectivity index (χ1) is 8.19. The number of ether oxygens (including phenoxy) is 1. The first-order valence-electron chi connectivity index (χ1n) is 6.40. The highest BCUT2D eigenvalue weighted by Gasteiger charge is 2.23. The fourth-order valence-electron chi connectivity index (χ4n) is 2.18. The van der Waals surface area contributed by atoms with E-state index in [9.17, 15) is 4.79 Å². The molecule has 0 aromatic rings. The Morgan fingerprint density at radius 2 is 2.29 bits per heavy atom. The summed E-state index contributed by atoms with van der Waals surface area (Å²) in [5.74, 6) is 0. The molecule has 1 aliphatic carbocycles. The van der Waals surface area contributed by atoms with Crippen molar-refractivity contribution < 1.29 is 14.6 Å². The maximum Gasteiger partial charge on any atom is 0.315 e. The summed E-state index contributed by atoms with van der Waals surface area (Å²) in [5, 5.41) is 14.7. The number of rotatable bonds is 5. The highest BCUT2D eigenvalue weighted by molar-refractivity contribution is 5.74. The normalized spacial score (nSPS) is 26.3. The summed E-state index contributed by atoms with van der Waals surface area (Å²) in [4.78, 5) is 11.7. The van der Waals surface area contributed by atoms with Crippen LogP contribution in [0.5, 0.6) is 0 Å². The Bertz CT molecular complexity index is 232. The number of carbonyl (C=O) groups is 1. The average molecular weight is 244 g/mol. The summed E-state index contributed by atoms with van der Waals surface area (Å²) in [6.07, 6.45) is 5.03. The second kappa shape index (κ2) is 7.50. The van der Waals surface area contributed by atoms with E-state index in [1.54, 1.807) is 7.11 Å². The van der Waals surface area contributed by atoms with Crippen molar-refractivity contribution in [3.05, 3.63) is 0 Å². The third-order valence-corrected chi connectivity index (χ3v) is 3.34. The Morgan fingerprint density at radius 3 is 2.88 bits per heavy atom. The molecule has 0 aromatic heterocycles. The topological polar surface area (TPSA) is 70.6 Å². The zero-order chi connectivity index (χ0) is 12.7. The number of amides is 2. The molecule has 1 rings (SSSR count). The Kier molecular flexibility index (Phi) is 6.29. The summed E-state index contributed by atoms with van der Waals surface area (Å²) in [6.45, 7) is 1.91. The molecule has 0 heterocycles. The highest BCUT2D eigenvalue weighted by atomic mass is 16.5. The van der Waals surface area contributed by atoms with Gasteiger partial charge in [0, 0.05) is 13.2 Å². The second-order valence-electron chi connectivity index (χ2n) is 4.63. The summed E-state index contributed by atoms with van der Waals surface area (Å²) >= 11 is 0. The van der Waals surface area contributed by atoms with Gasteiger partial charge in [-0.25, -0.2) is 4.79 Å². The van der Waals surface area contributed by atoms with Gasteiger partial charge < -0.3 is 20.5 Å². The number of hydrogen-bond donors (Lipinski definition) is 3. The van der Waals surface area contributed by atoms with Crippen molar-refractivity contribution in [1.29, 1.82) is 0 Å². The summed E-state index contributed by atoms with van der Waals surface area (Å²) in [5.41, 5.74) is 0. The van der Waals surface area contributed by atoms with Crippen LogP contribution in [0.25, 0.3) is 0 Å². The van der Waals surface area contributed by atoms with E-state index in [-0.39, 0.29) is 30.8 Å². The molecule has 17 heavy (non-hydrogen) atoms. The minimum atomic E-state index is -0.187. The van der Waals surface area contributed by atoms with E-state index in [1.165, 1.54) is 0 Å². The van der Waals surface area contributed by atoms with Crippen molar-refractivity contribution in [3.63, 3.8) is 0 Å². The van der Waals surface area contributed by atoms with Gasteiger partial charge in [0.15, 0.2) is 0 Å². The number of hydrogen-bond acceptors (Lipinski definition) is 3. The van der Waals surface area contributed by atoms with E-state index in [4.69, 9.17) is 9.84 Å². The van der Waals surface area contributed by atoms with Gasteiger partial charge in [-0.3, -0.25) is 0 Å². The van der Waals surface area contributed by atoms with Crippen molar-refractivity contribution in [2.75, 3.05) is 13.7 Å². The van der Waals surface area contributed by atoms with Crippen LogP contribution in [0.2, 0.25) is 0 Å². The van der Waals surface area contributed by atoms with E-state index in [0.29, 0.717) is 0 Å². The van der Waals surface area contributed by atoms with Crippen molar-refractivity contribution in [2.45, 2.75) is 57.2 Å². The van der Waals surface area contributed by atoms with Crippen molar-refractivity contribution >= 4 is 6.03 Å². The average Bonchev–Trinajstić information content (AvgIpc) is 2.36. The number of aliphatic hydroxyl groups excluding tert-OH is 1. The van der Waals surface area contributed by atoms with Gasteiger partial charge in [-0.1, -0.05) is 6.92 Å². The van der Waals surface area contributed by atoms with Crippen molar-refractivity contribution in [2.24, 2.45) is 0 Å². The predicted octanol–water partition coefficient (Wildman–Crippen LogP) is 1.01. The second-order valence-corrected chi connectivity index (χ2v) is 4.63. The lowest BCUT2D eigenvalue weighted by atomic mass is 9.93. The molecular formula is C12H24N2O3. The number of methoxy groups -OCH3 is 1. The van der Waals surface area contributed by atoms with Gasteiger partial charge in [0.1, 0.15) is 0 Å².